The second-order valence-electron chi connectivity index (χ2n) is 3.74. The maximum absolute atomic E-state index is 11.2. The summed E-state index contributed by atoms with van der Waals surface area (Å²) in [5, 5.41) is 5.72. The van der Waals surface area contributed by atoms with Crippen LogP contribution in [-0.2, 0) is 4.79 Å². The van der Waals surface area contributed by atoms with E-state index < -0.39 is 0 Å². The number of rotatable bonds is 6. The van der Waals surface area contributed by atoms with E-state index in [9.17, 15) is 4.79 Å². The van der Waals surface area contributed by atoms with Gasteiger partial charge in [-0.1, -0.05) is 25.2 Å². The standard InChI is InChI=1S/C11H18N2O/c1-2-7-12-9-11(14)13-8-6-10-4-3-5-10/h1,10,12H,3-9H2,(H,13,14). The summed E-state index contributed by atoms with van der Waals surface area (Å²) in [5.41, 5.74) is 0. The minimum Gasteiger partial charge on any atom is -0.355 e. The Labute approximate surface area is 85.6 Å². The molecule has 0 bridgehead atoms. The minimum absolute atomic E-state index is 0.0413. The summed E-state index contributed by atoms with van der Waals surface area (Å²) in [6.07, 6.45) is 10.2. The number of carbonyl (C=O) groups excluding carboxylic acids is 1. The second-order valence-corrected chi connectivity index (χ2v) is 3.74. The van der Waals surface area contributed by atoms with Crippen LogP contribution in [0, 0.1) is 18.3 Å². The van der Waals surface area contributed by atoms with Crippen LogP contribution in [0.15, 0.2) is 0 Å². The van der Waals surface area contributed by atoms with Gasteiger partial charge in [0.2, 0.25) is 5.91 Å². The van der Waals surface area contributed by atoms with Crippen molar-refractivity contribution in [1.82, 2.24) is 10.6 Å². The van der Waals surface area contributed by atoms with Crippen molar-refractivity contribution in [2.24, 2.45) is 5.92 Å². The highest BCUT2D eigenvalue weighted by molar-refractivity contribution is 5.77. The van der Waals surface area contributed by atoms with Gasteiger partial charge in [0.25, 0.3) is 0 Å². The molecule has 3 heteroatoms. The predicted molar refractivity (Wildman–Crippen MR) is 56.7 cm³/mol. The molecule has 14 heavy (non-hydrogen) atoms. The van der Waals surface area contributed by atoms with Gasteiger partial charge < -0.3 is 5.32 Å². The Bertz CT molecular complexity index is 216. The first-order chi connectivity index (χ1) is 6.83. The molecule has 0 aromatic heterocycles. The topological polar surface area (TPSA) is 41.1 Å². The Morgan fingerprint density at radius 2 is 2.29 bits per heavy atom. The molecule has 0 atom stereocenters. The molecule has 0 spiro atoms. The molecule has 78 valence electrons. The van der Waals surface area contributed by atoms with Crippen LogP contribution in [0.3, 0.4) is 0 Å². The molecule has 0 aromatic rings. The molecule has 1 amide bonds. The Hall–Kier alpha value is -1.01. The van der Waals surface area contributed by atoms with E-state index in [0.717, 1.165) is 18.9 Å². The zero-order valence-electron chi connectivity index (χ0n) is 8.51. The third-order valence-corrected chi connectivity index (χ3v) is 2.61. The fourth-order valence-electron chi connectivity index (χ4n) is 1.51. The van der Waals surface area contributed by atoms with Gasteiger partial charge in [0.15, 0.2) is 0 Å². The number of hydrogen-bond acceptors (Lipinski definition) is 2. The van der Waals surface area contributed by atoms with Gasteiger partial charge in [-0.15, -0.1) is 6.42 Å². The average molecular weight is 194 g/mol. The molecular formula is C11H18N2O. The molecule has 0 heterocycles. The fraction of sp³-hybridized carbons (Fsp3) is 0.727. The first-order valence-corrected chi connectivity index (χ1v) is 5.24. The maximum atomic E-state index is 11.2. The molecule has 3 nitrogen and oxygen atoms in total. The van der Waals surface area contributed by atoms with Gasteiger partial charge in [-0.2, -0.15) is 0 Å². The van der Waals surface area contributed by atoms with Crippen LogP contribution < -0.4 is 10.6 Å². The molecule has 1 aliphatic rings. The normalized spacial score (nSPS) is 15.6. The minimum atomic E-state index is 0.0413. The lowest BCUT2D eigenvalue weighted by atomic mass is 9.83. The molecule has 0 aliphatic heterocycles. The maximum Gasteiger partial charge on any atom is 0.233 e. The van der Waals surface area contributed by atoms with Gasteiger partial charge in [-0.05, 0) is 12.3 Å². The lowest BCUT2D eigenvalue weighted by Gasteiger charge is -2.25. The summed E-state index contributed by atoms with van der Waals surface area (Å²) >= 11 is 0. The fourth-order valence-corrected chi connectivity index (χ4v) is 1.51. The highest BCUT2D eigenvalue weighted by Crippen LogP contribution is 2.28. The highest BCUT2D eigenvalue weighted by atomic mass is 16.1. The molecule has 1 saturated carbocycles. The number of amides is 1. The summed E-state index contributed by atoms with van der Waals surface area (Å²) in [5.74, 6) is 3.32. The highest BCUT2D eigenvalue weighted by Gasteiger charge is 2.16. The van der Waals surface area contributed by atoms with Crippen molar-refractivity contribution in [3.05, 3.63) is 0 Å². The molecule has 0 radical (unpaired) electrons. The van der Waals surface area contributed by atoms with Crippen molar-refractivity contribution in [3.8, 4) is 12.3 Å². The van der Waals surface area contributed by atoms with Gasteiger partial charge >= 0.3 is 0 Å². The quantitative estimate of drug-likeness (QED) is 0.478. The Balaban J connectivity index is 1.89. The van der Waals surface area contributed by atoms with E-state index in [1.54, 1.807) is 0 Å². The van der Waals surface area contributed by atoms with E-state index in [4.69, 9.17) is 6.42 Å². The molecule has 0 unspecified atom stereocenters. The van der Waals surface area contributed by atoms with E-state index in [1.807, 2.05) is 0 Å². The zero-order valence-corrected chi connectivity index (χ0v) is 8.51. The lowest BCUT2D eigenvalue weighted by molar-refractivity contribution is -0.120. The van der Waals surface area contributed by atoms with E-state index in [-0.39, 0.29) is 5.91 Å². The van der Waals surface area contributed by atoms with Gasteiger partial charge in [0, 0.05) is 6.54 Å². The van der Waals surface area contributed by atoms with Gasteiger partial charge in [0.05, 0.1) is 13.1 Å². The van der Waals surface area contributed by atoms with Crippen LogP contribution in [0.1, 0.15) is 25.7 Å². The van der Waals surface area contributed by atoms with Gasteiger partial charge in [-0.3, -0.25) is 10.1 Å². The SMILES string of the molecule is C#CCNCC(=O)NCCC1CCC1. The van der Waals surface area contributed by atoms with Crippen molar-refractivity contribution in [1.29, 1.82) is 0 Å². The van der Waals surface area contributed by atoms with Crippen LogP contribution in [0.5, 0.6) is 0 Å². The number of carbonyl (C=O) groups is 1. The molecule has 1 fully saturated rings. The van der Waals surface area contributed by atoms with E-state index in [1.165, 1.54) is 19.3 Å². The van der Waals surface area contributed by atoms with E-state index in [2.05, 4.69) is 16.6 Å². The first-order valence-electron chi connectivity index (χ1n) is 5.24. The number of terminal acetylenes is 1. The van der Waals surface area contributed by atoms with Crippen molar-refractivity contribution < 1.29 is 4.79 Å². The van der Waals surface area contributed by atoms with E-state index in [0.29, 0.717) is 13.1 Å². The number of hydrogen-bond donors (Lipinski definition) is 2. The van der Waals surface area contributed by atoms with Crippen LogP contribution in [0.4, 0.5) is 0 Å². The van der Waals surface area contributed by atoms with Crippen molar-refractivity contribution in [2.75, 3.05) is 19.6 Å². The van der Waals surface area contributed by atoms with Crippen molar-refractivity contribution >= 4 is 5.91 Å². The number of nitrogens with one attached hydrogen (secondary N) is 2. The molecule has 1 rings (SSSR count). The zero-order chi connectivity index (χ0) is 10.2. The lowest BCUT2D eigenvalue weighted by Crippen LogP contribution is -2.35. The van der Waals surface area contributed by atoms with Crippen LogP contribution in [0.2, 0.25) is 0 Å². The van der Waals surface area contributed by atoms with Crippen molar-refractivity contribution in [2.45, 2.75) is 25.7 Å². The summed E-state index contributed by atoms with van der Waals surface area (Å²) in [4.78, 5) is 11.2. The van der Waals surface area contributed by atoms with Crippen LogP contribution >= 0.6 is 0 Å². The molecular weight excluding hydrogens is 176 g/mol. The molecule has 1 aliphatic carbocycles. The Morgan fingerprint density at radius 3 is 2.86 bits per heavy atom. The average Bonchev–Trinajstić information content (AvgIpc) is 2.10. The third kappa shape index (κ3) is 4.29. The van der Waals surface area contributed by atoms with Gasteiger partial charge in [-0.25, -0.2) is 0 Å². The largest absolute Gasteiger partial charge is 0.355 e. The summed E-state index contributed by atoms with van der Waals surface area (Å²) < 4.78 is 0. The predicted octanol–water partition coefficient (Wildman–Crippen LogP) is 0.516. The molecule has 2 N–H and O–H groups in total. The molecule has 0 saturated heterocycles. The first kappa shape index (κ1) is 11.1. The third-order valence-electron chi connectivity index (χ3n) is 2.61. The van der Waals surface area contributed by atoms with Crippen LogP contribution in [0.25, 0.3) is 0 Å². The summed E-state index contributed by atoms with van der Waals surface area (Å²) in [6, 6.07) is 0. The van der Waals surface area contributed by atoms with Crippen molar-refractivity contribution in [3.63, 3.8) is 0 Å². The Kier molecular flexibility index (Phi) is 5.09. The summed E-state index contributed by atoms with van der Waals surface area (Å²) in [6.45, 7) is 1.59. The molecule has 0 aromatic carbocycles. The second kappa shape index (κ2) is 6.44. The Morgan fingerprint density at radius 1 is 1.50 bits per heavy atom. The smallest absolute Gasteiger partial charge is 0.233 e. The monoisotopic (exact) mass is 194 g/mol. The van der Waals surface area contributed by atoms with Gasteiger partial charge in [0.1, 0.15) is 0 Å². The van der Waals surface area contributed by atoms with E-state index >= 15 is 0 Å². The van der Waals surface area contributed by atoms with Crippen LogP contribution in [-0.4, -0.2) is 25.5 Å². The summed E-state index contributed by atoms with van der Waals surface area (Å²) in [7, 11) is 0.